The molecule has 0 aliphatic rings. The first-order valence-electron chi connectivity index (χ1n) is 6.89. The zero-order valence-electron chi connectivity index (χ0n) is 12.3. The van der Waals surface area contributed by atoms with Gasteiger partial charge in [0.15, 0.2) is 17.7 Å². The summed E-state index contributed by atoms with van der Waals surface area (Å²) in [5.74, 6) is 1.39. The number of hydrogen-bond donors (Lipinski definition) is 0. The molecule has 20 heavy (non-hydrogen) atoms. The van der Waals surface area contributed by atoms with Crippen molar-refractivity contribution in [2.45, 2.75) is 51.4 Å². The highest BCUT2D eigenvalue weighted by Gasteiger charge is 2.02. The van der Waals surface area contributed by atoms with E-state index in [9.17, 15) is 16.8 Å². The minimum Gasteiger partial charge on any atom is -0.218 e. The van der Waals surface area contributed by atoms with Gasteiger partial charge in [0.2, 0.25) is 0 Å². The lowest BCUT2D eigenvalue weighted by molar-refractivity contribution is 0.587. The van der Waals surface area contributed by atoms with Gasteiger partial charge in [0.05, 0.1) is 0 Å². The molecule has 0 aromatic heterocycles. The Morgan fingerprint density at radius 3 is 1.05 bits per heavy atom. The fraction of sp³-hybridized carbons (Fsp3) is 1.00. The molecule has 4 nitrogen and oxygen atoms in total. The van der Waals surface area contributed by atoms with Crippen molar-refractivity contribution in [1.82, 2.24) is 0 Å². The van der Waals surface area contributed by atoms with E-state index in [1.807, 2.05) is 0 Å². The number of rotatable bonds is 13. The van der Waals surface area contributed by atoms with Gasteiger partial charge in [-0.2, -0.15) is 0 Å². The first-order valence-corrected chi connectivity index (χ1v) is 13.7. The van der Waals surface area contributed by atoms with Gasteiger partial charge in [0.25, 0.3) is 0 Å². The molecule has 0 radical (unpaired) electrons. The lowest BCUT2D eigenvalue weighted by Gasteiger charge is -2.02. The Balaban J connectivity index is 3.18. The Labute approximate surface area is 131 Å². The number of unbranched alkanes of at least 4 members (excludes halogenated alkanes) is 7. The fourth-order valence-electron chi connectivity index (χ4n) is 1.69. The molecule has 8 heteroatoms. The van der Waals surface area contributed by atoms with E-state index in [0.29, 0.717) is 11.5 Å². The Kier molecular flexibility index (Phi) is 11.5. The van der Waals surface area contributed by atoms with E-state index >= 15 is 0 Å². The van der Waals surface area contributed by atoms with Crippen LogP contribution >= 0.6 is 21.6 Å². The molecule has 0 aromatic rings. The molecule has 0 bridgehead atoms. The highest BCUT2D eigenvalue weighted by Crippen LogP contribution is 2.16. The van der Waals surface area contributed by atoms with Crippen molar-refractivity contribution >= 4 is 39.3 Å². The maximum atomic E-state index is 10.9. The van der Waals surface area contributed by atoms with Crippen LogP contribution in [0.3, 0.4) is 0 Å². The lowest BCUT2D eigenvalue weighted by Crippen LogP contribution is -1.92. The van der Waals surface area contributed by atoms with Crippen molar-refractivity contribution in [2.75, 3.05) is 24.0 Å². The topological polar surface area (TPSA) is 68.3 Å². The zero-order chi connectivity index (χ0) is 15.5. The van der Waals surface area contributed by atoms with Crippen LogP contribution in [-0.2, 0) is 17.7 Å². The van der Waals surface area contributed by atoms with Gasteiger partial charge in [-0.05, 0) is 34.4 Å². The van der Waals surface area contributed by atoms with Gasteiger partial charge in [-0.3, -0.25) is 0 Å². The van der Waals surface area contributed by atoms with Gasteiger partial charge in [0.1, 0.15) is 0 Å². The van der Waals surface area contributed by atoms with E-state index in [1.165, 1.54) is 25.4 Å². The monoisotopic (exact) mass is 362 g/mol. The van der Waals surface area contributed by atoms with Crippen molar-refractivity contribution in [1.29, 1.82) is 0 Å². The Morgan fingerprint density at radius 1 is 0.550 bits per heavy atom. The van der Waals surface area contributed by atoms with E-state index in [-0.39, 0.29) is 0 Å². The molecule has 0 heterocycles. The molecule has 0 aliphatic heterocycles. The molecule has 0 fully saturated rings. The first-order chi connectivity index (χ1) is 9.21. The van der Waals surface area contributed by atoms with Crippen LogP contribution in [0.2, 0.25) is 0 Å². The molecule has 0 spiro atoms. The van der Waals surface area contributed by atoms with Crippen LogP contribution in [-0.4, -0.2) is 40.9 Å². The summed E-state index contributed by atoms with van der Waals surface area (Å²) in [5, 5.41) is 0. The second kappa shape index (κ2) is 11.2. The maximum absolute atomic E-state index is 10.9. The van der Waals surface area contributed by atoms with E-state index in [0.717, 1.165) is 60.1 Å². The van der Waals surface area contributed by atoms with Gasteiger partial charge in [-0.15, -0.1) is 0 Å². The fourth-order valence-corrected chi connectivity index (χ4v) is 5.46. The highest BCUT2D eigenvalue weighted by atomic mass is 33.1. The molecule has 0 saturated carbocycles. The van der Waals surface area contributed by atoms with Gasteiger partial charge >= 0.3 is 0 Å². The van der Waals surface area contributed by atoms with Crippen LogP contribution < -0.4 is 0 Å². The molecule has 0 aliphatic carbocycles. The second-order valence-electron chi connectivity index (χ2n) is 4.88. The largest absolute Gasteiger partial charge is 0.218 e. The lowest BCUT2D eigenvalue weighted by atomic mass is 10.1. The molecule has 0 N–H and O–H groups in total. The third-order valence-corrected chi connectivity index (χ3v) is 7.97. The minimum absolute atomic E-state index is 0.696. The normalized spacial score (nSPS) is 12.7. The van der Waals surface area contributed by atoms with Crippen LogP contribution in [0, 0.1) is 0 Å². The van der Waals surface area contributed by atoms with E-state index < -0.39 is 17.7 Å². The predicted octanol–water partition coefficient (Wildman–Crippen LogP) is 3.49. The first kappa shape index (κ1) is 20.6. The predicted molar refractivity (Wildman–Crippen MR) is 91.5 cm³/mol. The highest BCUT2D eigenvalue weighted by molar-refractivity contribution is 8.72. The average Bonchev–Trinajstić information content (AvgIpc) is 2.27. The quantitative estimate of drug-likeness (QED) is 0.369. The SMILES string of the molecule is CS(=O)(=O)SCCCCCCCCCCSS(C)(=O)=O. The molecule has 0 aromatic carbocycles. The summed E-state index contributed by atoms with van der Waals surface area (Å²) in [4.78, 5) is 0. The molecule has 0 rings (SSSR count). The molecular weight excluding hydrogens is 336 g/mol. The summed E-state index contributed by atoms with van der Waals surface area (Å²) in [6, 6.07) is 0. The average molecular weight is 363 g/mol. The van der Waals surface area contributed by atoms with E-state index in [4.69, 9.17) is 0 Å². The van der Waals surface area contributed by atoms with Crippen molar-refractivity contribution in [3.05, 3.63) is 0 Å². The maximum Gasteiger partial charge on any atom is 0.198 e. The van der Waals surface area contributed by atoms with E-state index in [2.05, 4.69) is 0 Å². The van der Waals surface area contributed by atoms with Crippen molar-refractivity contribution in [3.8, 4) is 0 Å². The zero-order valence-corrected chi connectivity index (χ0v) is 15.6. The third kappa shape index (κ3) is 18.6. The number of hydrogen-bond acceptors (Lipinski definition) is 6. The van der Waals surface area contributed by atoms with Crippen LogP contribution in [0.4, 0.5) is 0 Å². The molecule has 0 amide bonds. The molecule has 0 atom stereocenters. The summed E-state index contributed by atoms with van der Waals surface area (Å²) in [6.45, 7) is 0. The van der Waals surface area contributed by atoms with E-state index in [1.54, 1.807) is 0 Å². The minimum atomic E-state index is -2.87. The van der Waals surface area contributed by atoms with Gasteiger partial charge < -0.3 is 0 Å². The summed E-state index contributed by atoms with van der Waals surface area (Å²) in [7, 11) is -3.68. The van der Waals surface area contributed by atoms with Crippen LogP contribution in [0.15, 0.2) is 0 Å². The summed E-state index contributed by atoms with van der Waals surface area (Å²) in [5.41, 5.74) is 0. The molecular formula is C12H26O4S4. The van der Waals surface area contributed by atoms with Crippen molar-refractivity contribution < 1.29 is 16.8 Å². The standard InChI is InChI=1S/C12H26O4S4/c1-19(13,14)17-11-9-7-5-3-4-6-8-10-12-18-20(2,15)16/h3-12H2,1-2H3. The second-order valence-corrected chi connectivity index (χ2v) is 14.0. The van der Waals surface area contributed by atoms with Gasteiger partial charge in [-0.25, -0.2) is 16.8 Å². The Morgan fingerprint density at radius 2 is 0.800 bits per heavy atom. The summed E-state index contributed by atoms with van der Waals surface area (Å²) < 4.78 is 43.5. The Hall–Kier alpha value is 0.600. The molecule has 0 saturated heterocycles. The third-order valence-electron chi connectivity index (χ3n) is 2.63. The summed E-state index contributed by atoms with van der Waals surface area (Å²) in [6.07, 6.45) is 11.3. The molecule has 0 unspecified atom stereocenters. The van der Waals surface area contributed by atoms with Gasteiger partial charge in [0, 0.05) is 24.0 Å². The smallest absolute Gasteiger partial charge is 0.198 e. The van der Waals surface area contributed by atoms with Crippen molar-refractivity contribution in [2.24, 2.45) is 0 Å². The molecule has 122 valence electrons. The van der Waals surface area contributed by atoms with Crippen LogP contribution in [0.1, 0.15) is 51.4 Å². The summed E-state index contributed by atoms with van der Waals surface area (Å²) >= 11 is 0. The Bertz CT molecular complexity index is 386. The van der Waals surface area contributed by atoms with Crippen LogP contribution in [0.5, 0.6) is 0 Å². The van der Waals surface area contributed by atoms with Crippen molar-refractivity contribution in [3.63, 3.8) is 0 Å². The van der Waals surface area contributed by atoms with Crippen LogP contribution in [0.25, 0.3) is 0 Å². The van der Waals surface area contributed by atoms with Gasteiger partial charge in [-0.1, -0.05) is 38.5 Å².